The molecule has 33 heavy (non-hydrogen) atoms. The van der Waals surface area contributed by atoms with Crippen molar-refractivity contribution in [1.82, 2.24) is 14.3 Å². The summed E-state index contributed by atoms with van der Waals surface area (Å²) in [6.45, 7) is 0. The first-order chi connectivity index (χ1) is 15.7. The predicted molar refractivity (Wildman–Crippen MR) is 132 cm³/mol. The third-order valence-corrected chi connectivity index (χ3v) is 7.30. The Balaban J connectivity index is 1.55. The van der Waals surface area contributed by atoms with Crippen molar-refractivity contribution in [3.05, 3.63) is 79.8 Å². The minimum Gasteiger partial charge on any atom is -0.378 e. The lowest BCUT2D eigenvalue weighted by atomic mass is 10.2. The molecule has 0 saturated carbocycles. The Hall–Kier alpha value is -3.41. The molecule has 2 amide bonds. The number of rotatable bonds is 5. The van der Waals surface area contributed by atoms with Crippen LogP contribution in [-0.2, 0) is 11.0 Å². The third-order valence-electron chi connectivity index (χ3n) is 4.70. The summed E-state index contributed by atoms with van der Waals surface area (Å²) in [4.78, 5) is 42.3. The Bertz CT molecular complexity index is 1490. The number of carbonyl (C=O) groups is 1. The van der Waals surface area contributed by atoms with Crippen LogP contribution in [0.15, 0.2) is 68.4 Å². The summed E-state index contributed by atoms with van der Waals surface area (Å²) in [6.07, 6.45) is 0. The van der Waals surface area contributed by atoms with Gasteiger partial charge in [0.25, 0.3) is 5.56 Å². The largest absolute Gasteiger partial charge is 0.378 e. The van der Waals surface area contributed by atoms with Crippen molar-refractivity contribution in [2.45, 2.75) is 4.21 Å². The second kappa shape index (κ2) is 9.22. The van der Waals surface area contributed by atoms with E-state index in [1.807, 2.05) is 19.0 Å². The van der Waals surface area contributed by atoms with Crippen molar-refractivity contribution in [2.24, 2.45) is 0 Å². The molecule has 2 heterocycles. The van der Waals surface area contributed by atoms with Crippen molar-refractivity contribution in [2.75, 3.05) is 24.3 Å². The summed E-state index contributed by atoms with van der Waals surface area (Å²) in [5.41, 5.74) is 0.991. The van der Waals surface area contributed by atoms with Gasteiger partial charge in [0.15, 0.2) is 11.0 Å². The number of fused-ring (bicyclic) bond motifs is 1. The molecule has 0 spiro atoms. The maximum atomic E-state index is 13.0. The minimum atomic E-state index is -1.75. The molecule has 3 N–H and O–H groups in total. The summed E-state index contributed by atoms with van der Waals surface area (Å²) in [6, 6.07) is 13.8. The van der Waals surface area contributed by atoms with Gasteiger partial charge in [-0.15, -0.1) is 11.3 Å². The van der Waals surface area contributed by atoms with Gasteiger partial charge in [-0.1, -0.05) is 11.6 Å². The average molecular weight is 504 g/mol. The highest BCUT2D eigenvalue weighted by Gasteiger charge is 2.13. The molecule has 0 aliphatic rings. The van der Waals surface area contributed by atoms with Gasteiger partial charge in [-0.25, -0.2) is 18.4 Å². The van der Waals surface area contributed by atoms with E-state index in [9.17, 15) is 18.6 Å². The van der Waals surface area contributed by atoms with E-state index in [0.29, 0.717) is 30.8 Å². The SMILES string of the molecule is CN(C)c1ccc2c(=O)n(-c3ccc(NC(=O)NS(=O)c4ccc(Cl)s4)cc3)c(=O)[nH]c2c1. The molecule has 0 aliphatic heterocycles. The van der Waals surface area contributed by atoms with Crippen LogP contribution in [0.2, 0.25) is 4.34 Å². The highest BCUT2D eigenvalue weighted by atomic mass is 35.5. The highest BCUT2D eigenvalue weighted by Crippen LogP contribution is 2.23. The monoisotopic (exact) mass is 503 g/mol. The fourth-order valence-corrected chi connectivity index (χ4v) is 5.22. The maximum absolute atomic E-state index is 13.0. The van der Waals surface area contributed by atoms with Gasteiger partial charge < -0.3 is 15.2 Å². The van der Waals surface area contributed by atoms with Crippen molar-refractivity contribution >= 4 is 62.2 Å². The lowest BCUT2D eigenvalue weighted by Gasteiger charge is -2.13. The van der Waals surface area contributed by atoms with Crippen molar-refractivity contribution in [3.63, 3.8) is 0 Å². The van der Waals surface area contributed by atoms with E-state index in [2.05, 4.69) is 15.0 Å². The second-order valence-electron chi connectivity index (χ2n) is 7.13. The highest BCUT2D eigenvalue weighted by molar-refractivity contribution is 7.86. The smallest absolute Gasteiger partial charge is 0.333 e. The summed E-state index contributed by atoms with van der Waals surface area (Å²) in [5, 5.41) is 2.93. The molecule has 9 nitrogen and oxygen atoms in total. The molecule has 0 bridgehead atoms. The number of anilines is 2. The summed E-state index contributed by atoms with van der Waals surface area (Å²) in [5.74, 6) is 0. The van der Waals surface area contributed by atoms with Gasteiger partial charge in [0.05, 0.1) is 20.9 Å². The fourth-order valence-electron chi connectivity index (χ4n) is 3.10. The van der Waals surface area contributed by atoms with Gasteiger partial charge in [-0.2, -0.15) is 0 Å². The van der Waals surface area contributed by atoms with E-state index >= 15 is 0 Å². The number of nitrogens with one attached hydrogen (secondary N) is 3. The minimum absolute atomic E-state index is 0.336. The Morgan fingerprint density at radius 1 is 1.09 bits per heavy atom. The molecule has 2 aromatic carbocycles. The summed E-state index contributed by atoms with van der Waals surface area (Å²) >= 11 is 6.92. The Morgan fingerprint density at radius 2 is 1.82 bits per heavy atom. The van der Waals surface area contributed by atoms with Crippen LogP contribution in [0.4, 0.5) is 16.2 Å². The lowest BCUT2D eigenvalue weighted by Crippen LogP contribution is -2.33. The number of nitrogens with zero attached hydrogens (tertiary/aromatic N) is 2. The predicted octanol–water partition coefficient (Wildman–Crippen LogP) is 3.30. The van der Waals surface area contributed by atoms with Crippen molar-refractivity contribution in [1.29, 1.82) is 0 Å². The van der Waals surface area contributed by atoms with E-state index in [4.69, 9.17) is 11.6 Å². The first-order valence-corrected chi connectivity index (χ1v) is 11.9. The zero-order chi connectivity index (χ0) is 23.7. The fraction of sp³-hybridized carbons (Fsp3) is 0.0952. The summed E-state index contributed by atoms with van der Waals surface area (Å²) in [7, 11) is 1.99. The van der Waals surface area contributed by atoms with Crippen LogP contribution < -0.4 is 26.2 Å². The molecule has 1 atom stereocenters. The van der Waals surface area contributed by atoms with Crippen LogP contribution >= 0.6 is 22.9 Å². The Labute approximate surface area is 199 Å². The molecular weight excluding hydrogens is 486 g/mol. The van der Waals surface area contributed by atoms with E-state index in [1.165, 1.54) is 24.3 Å². The van der Waals surface area contributed by atoms with Gasteiger partial charge in [-0.3, -0.25) is 9.52 Å². The quantitative estimate of drug-likeness (QED) is 0.386. The third kappa shape index (κ3) is 4.85. The van der Waals surface area contributed by atoms with E-state index < -0.39 is 28.3 Å². The number of aromatic nitrogens is 2. The summed E-state index contributed by atoms with van der Waals surface area (Å²) < 4.78 is 16.4. The number of carbonyl (C=O) groups excluding carboxylic acids is 1. The van der Waals surface area contributed by atoms with Crippen LogP contribution in [0.5, 0.6) is 0 Å². The zero-order valence-corrected chi connectivity index (χ0v) is 19.8. The number of halogens is 1. The molecule has 0 fully saturated rings. The van der Waals surface area contributed by atoms with Gasteiger partial charge >= 0.3 is 11.7 Å². The van der Waals surface area contributed by atoms with E-state index in [1.54, 1.807) is 30.3 Å². The molecular formula is C21H18ClN5O4S2. The number of urea groups is 1. The second-order valence-corrected chi connectivity index (χ2v) is 10.3. The number of thiophene rings is 1. The van der Waals surface area contributed by atoms with Gasteiger partial charge in [-0.05, 0) is 54.6 Å². The molecule has 2 aromatic heterocycles. The van der Waals surface area contributed by atoms with E-state index in [0.717, 1.165) is 21.6 Å². The van der Waals surface area contributed by atoms with Crippen molar-refractivity contribution in [3.8, 4) is 5.69 Å². The van der Waals surface area contributed by atoms with Crippen LogP contribution in [0, 0.1) is 0 Å². The average Bonchev–Trinajstić information content (AvgIpc) is 3.21. The molecule has 170 valence electrons. The molecule has 0 aliphatic carbocycles. The first-order valence-electron chi connectivity index (χ1n) is 9.54. The van der Waals surface area contributed by atoms with E-state index in [-0.39, 0.29) is 0 Å². The van der Waals surface area contributed by atoms with Crippen LogP contribution in [-0.4, -0.2) is 33.9 Å². The number of H-pyrrole nitrogens is 1. The molecule has 4 rings (SSSR count). The topological polar surface area (TPSA) is 116 Å². The number of benzene rings is 2. The van der Waals surface area contributed by atoms with Crippen LogP contribution in [0.3, 0.4) is 0 Å². The standard InChI is InChI=1S/C21H18ClN5O4S2/c1-26(2)14-7-8-15-16(11-14)24-21(30)27(19(15)28)13-5-3-12(4-6-13)23-20(29)25-33(31)18-10-9-17(22)32-18/h3-11H,1-2H3,(H,24,30)(H2,23,25,29). The number of hydrogen-bond acceptors (Lipinski definition) is 6. The van der Waals surface area contributed by atoms with Gasteiger partial charge in [0, 0.05) is 25.5 Å². The van der Waals surface area contributed by atoms with Gasteiger partial charge in [0.2, 0.25) is 0 Å². The Morgan fingerprint density at radius 3 is 2.45 bits per heavy atom. The van der Waals surface area contributed by atoms with Crippen LogP contribution in [0.25, 0.3) is 16.6 Å². The normalized spacial score (nSPS) is 11.8. The van der Waals surface area contributed by atoms with Crippen LogP contribution in [0.1, 0.15) is 0 Å². The number of amides is 2. The molecule has 0 saturated heterocycles. The van der Waals surface area contributed by atoms with Gasteiger partial charge in [0.1, 0.15) is 4.21 Å². The number of hydrogen-bond donors (Lipinski definition) is 3. The van der Waals surface area contributed by atoms with Crippen molar-refractivity contribution < 1.29 is 9.00 Å². The molecule has 0 radical (unpaired) electrons. The lowest BCUT2D eigenvalue weighted by molar-refractivity contribution is 0.257. The molecule has 12 heteroatoms. The molecule has 1 unspecified atom stereocenters. The number of aromatic amines is 1. The first kappa shape index (κ1) is 22.8. The Kier molecular flexibility index (Phi) is 6.36. The molecule has 4 aromatic rings. The maximum Gasteiger partial charge on any atom is 0.333 e. The zero-order valence-electron chi connectivity index (χ0n) is 17.4.